The van der Waals surface area contributed by atoms with Gasteiger partial charge in [0.1, 0.15) is 24.2 Å². The van der Waals surface area contributed by atoms with Crippen LogP contribution in [0.2, 0.25) is 0 Å². The van der Waals surface area contributed by atoms with Gasteiger partial charge in [-0.05, 0) is 37.0 Å². The highest BCUT2D eigenvalue weighted by molar-refractivity contribution is 5.91. The van der Waals surface area contributed by atoms with E-state index in [2.05, 4.69) is 15.5 Å². The van der Waals surface area contributed by atoms with Crippen LogP contribution < -0.4 is 10.2 Å². The monoisotopic (exact) mass is 474 g/mol. The van der Waals surface area contributed by atoms with Gasteiger partial charge < -0.3 is 14.5 Å². The van der Waals surface area contributed by atoms with E-state index in [0.717, 1.165) is 17.4 Å². The molecule has 1 unspecified atom stereocenters. The smallest absolute Gasteiger partial charge is 0.420 e. The van der Waals surface area contributed by atoms with Crippen molar-refractivity contribution in [3.63, 3.8) is 0 Å². The van der Waals surface area contributed by atoms with Crippen molar-refractivity contribution in [2.24, 2.45) is 0 Å². The van der Waals surface area contributed by atoms with Gasteiger partial charge in [-0.15, -0.1) is 0 Å². The van der Waals surface area contributed by atoms with E-state index in [1.807, 2.05) is 12.1 Å². The summed E-state index contributed by atoms with van der Waals surface area (Å²) in [6, 6.07) is 5.51. The summed E-state index contributed by atoms with van der Waals surface area (Å²) in [6.45, 7) is 1.93. The summed E-state index contributed by atoms with van der Waals surface area (Å²) in [5.41, 5.74) is 3.09. The third-order valence-corrected chi connectivity index (χ3v) is 6.09. The van der Waals surface area contributed by atoms with Gasteiger partial charge in [-0.25, -0.2) is 4.79 Å². The summed E-state index contributed by atoms with van der Waals surface area (Å²) >= 11 is 0. The molecular formula is C23H21F3N4O4. The number of aromatic nitrogens is 2. The zero-order valence-electron chi connectivity index (χ0n) is 18.2. The van der Waals surface area contributed by atoms with Crippen LogP contribution in [0, 0.1) is 0 Å². The molecule has 0 saturated carbocycles. The molecule has 1 aliphatic heterocycles. The van der Waals surface area contributed by atoms with Gasteiger partial charge in [0.2, 0.25) is 5.91 Å². The quantitative estimate of drug-likeness (QED) is 0.587. The summed E-state index contributed by atoms with van der Waals surface area (Å²) in [5, 5.41) is 9.77. The minimum absolute atomic E-state index is 0.0879. The average molecular weight is 474 g/mol. The number of hydrogen-bond donors (Lipinski definition) is 2. The normalized spacial score (nSPS) is 17.7. The number of halogens is 3. The van der Waals surface area contributed by atoms with Crippen LogP contribution in [0.15, 0.2) is 35.1 Å². The number of nitrogens with zero attached hydrogens (tertiary/aromatic N) is 2. The molecule has 1 saturated heterocycles. The van der Waals surface area contributed by atoms with Crippen molar-refractivity contribution in [2.75, 3.05) is 18.0 Å². The molecule has 11 heteroatoms. The lowest BCUT2D eigenvalue weighted by Gasteiger charge is -2.16. The van der Waals surface area contributed by atoms with Gasteiger partial charge in [-0.2, -0.15) is 18.3 Å². The number of rotatable bonds is 4. The second-order valence-corrected chi connectivity index (χ2v) is 8.37. The van der Waals surface area contributed by atoms with Crippen molar-refractivity contribution < 1.29 is 31.9 Å². The molecule has 0 bridgehead atoms. The van der Waals surface area contributed by atoms with E-state index >= 15 is 0 Å². The van der Waals surface area contributed by atoms with Crippen LogP contribution in [-0.2, 0) is 28.5 Å². The van der Waals surface area contributed by atoms with Gasteiger partial charge in [0, 0.05) is 23.7 Å². The minimum atomic E-state index is -4.55. The Hall–Kier alpha value is -3.76. The Morgan fingerprint density at radius 3 is 2.85 bits per heavy atom. The van der Waals surface area contributed by atoms with Gasteiger partial charge in [0.05, 0.1) is 30.0 Å². The molecule has 5 rings (SSSR count). The first-order valence-corrected chi connectivity index (χ1v) is 10.8. The average Bonchev–Trinajstić information content (AvgIpc) is 3.48. The number of fused-ring (bicyclic) bond motifs is 3. The van der Waals surface area contributed by atoms with Gasteiger partial charge in [-0.1, -0.05) is 6.07 Å². The van der Waals surface area contributed by atoms with Crippen LogP contribution >= 0.6 is 0 Å². The van der Waals surface area contributed by atoms with Crippen molar-refractivity contribution in [1.82, 2.24) is 15.5 Å². The standard InChI is InChI=1S/C23H21F3N4O4/c1-12(31)27-8-15-9-30(22(32)34-15)14-5-6-16-13(7-14)3-2-4-17-20(16)28-29-21(17)18-10-33-11-19(18)23(24,25)26/h5-7,10-11,15H,2-4,8-9H2,1H3,(H,27,31)(H,28,29). The Kier molecular flexibility index (Phi) is 5.34. The number of ether oxygens (including phenoxy) is 1. The third-order valence-electron chi connectivity index (χ3n) is 6.09. The maximum Gasteiger partial charge on any atom is 0.420 e. The molecule has 178 valence electrons. The third kappa shape index (κ3) is 3.91. The molecule has 1 fully saturated rings. The molecule has 2 amide bonds. The van der Waals surface area contributed by atoms with E-state index in [1.165, 1.54) is 11.8 Å². The Labute approximate surface area is 192 Å². The molecule has 0 spiro atoms. The lowest BCUT2D eigenvalue weighted by Crippen LogP contribution is -2.33. The molecule has 0 radical (unpaired) electrons. The van der Waals surface area contributed by atoms with Crippen molar-refractivity contribution in [3.05, 3.63) is 47.4 Å². The van der Waals surface area contributed by atoms with E-state index in [0.29, 0.717) is 49.0 Å². The number of nitrogens with one attached hydrogen (secondary N) is 2. The largest absolute Gasteiger partial charge is 0.471 e. The zero-order valence-corrected chi connectivity index (χ0v) is 18.2. The van der Waals surface area contributed by atoms with E-state index in [1.54, 1.807) is 6.07 Å². The maximum absolute atomic E-state index is 13.4. The number of benzene rings is 1. The number of cyclic esters (lactones) is 1. The van der Waals surface area contributed by atoms with Crippen molar-refractivity contribution >= 4 is 17.7 Å². The Morgan fingerprint density at radius 1 is 1.26 bits per heavy atom. The molecule has 1 atom stereocenters. The van der Waals surface area contributed by atoms with Crippen LogP contribution in [0.1, 0.15) is 30.0 Å². The lowest BCUT2D eigenvalue weighted by atomic mass is 9.99. The predicted molar refractivity (Wildman–Crippen MR) is 115 cm³/mol. The highest BCUT2D eigenvalue weighted by Crippen LogP contribution is 2.42. The van der Waals surface area contributed by atoms with Crippen LogP contribution in [0.4, 0.5) is 23.7 Å². The first-order valence-electron chi connectivity index (χ1n) is 10.8. The van der Waals surface area contributed by atoms with Crippen molar-refractivity contribution in [1.29, 1.82) is 0 Å². The van der Waals surface area contributed by atoms with Gasteiger partial charge >= 0.3 is 12.3 Å². The molecule has 1 aromatic carbocycles. The van der Waals surface area contributed by atoms with Gasteiger partial charge in [0.15, 0.2) is 0 Å². The fourth-order valence-corrected chi connectivity index (χ4v) is 4.50. The molecule has 1 aliphatic carbocycles. The minimum Gasteiger partial charge on any atom is -0.471 e. The van der Waals surface area contributed by atoms with Crippen LogP contribution in [-0.4, -0.2) is 41.4 Å². The Balaban J connectivity index is 1.45. The van der Waals surface area contributed by atoms with E-state index in [4.69, 9.17) is 9.15 Å². The fraction of sp³-hybridized carbons (Fsp3) is 0.348. The summed E-state index contributed by atoms with van der Waals surface area (Å²) in [4.78, 5) is 25.0. The summed E-state index contributed by atoms with van der Waals surface area (Å²) in [5.74, 6) is -0.202. The Morgan fingerprint density at radius 2 is 2.09 bits per heavy atom. The molecule has 2 N–H and O–H groups in total. The summed E-state index contributed by atoms with van der Waals surface area (Å²) in [6.07, 6.45) is -1.80. The highest BCUT2D eigenvalue weighted by atomic mass is 19.4. The second kappa shape index (κ2) is 8.23. The molecule has 3 heterocycles. The van der Waals surface area contributed by atoms with E-state index < -0.39 is 23.9 Å². The van der Waals surface area contributed by atoms with Gasteiger partial charge in [0.25, 0.3) is 0 Å². The number of carbonyl (C=O) groups is 2. The van der Waals surface area contributed by atoms with Crippen molar-refractivity contribution in [3.8, 4) is 22.5 Å². The number of H-pyrrole nitrogens is 1. The topological polar surface area (TPSA) is 100 Å². The van der Waals surface area contributed by atoms with Crippen LogP contribution in [0.5, 0.6) is 0 Å². The maximum atomic E-state index is 13.4. The lowest BCUT2D eigenvalue weighted by molar-refractivity contribution is -0.137. The van der Waals surface area contributed by atoms with Crippen LogP contribution in [0.25, 0.3) is 22.5 Å². The molecular weight excluding hydrogens is 453 g/mol. The zero-order chi connectivity index (χ0) is 24.0. The first kappa shape index (κ1) is 22.1. The first-order chi connectivity index (χ1) is 16.2. The number of carbonyl (C=O) groups excluding carboxylic acids is 2. The second-order valence-electron chi connectivity index (χ2n) is 8.37. The molecule has 8 nitrogen and oxygen atoms in total. The number of furan rings is 1. The molecule has 34 heavy (non-hydrogen) atoms. The van der Waals surface area contributed by atoms with Crippen molar-refractivity contribution in [2.45, 2.75) is 38.5 Å². The Bertz CT molecular complexity index is 1260. The predicted octanol–water partition coefficient (Wildman–Crippen LogP) is 4.31. The number of aryl methyl sites for hydroxylation is 1. The van der Waals surface area contributed by atoms with Gasteiger partial charge in [-0.3, -0.25) is 14.8 Å². The number of alkyl halides is 3. The fourth-order valence-electron chi connectivity index (χ4n) is 4.50. The number of aromatic amines is 1. The van der Waals surface area contributed by atoms with Crippen LogP contribution in [0.3, 0.4) is 0 Å². The molecule has 2 aromatic heterocycles. The number of amides is 2. The summed E-state index contributed by atoms with van der Waals surface area (Å²) in [7, 11) is 0. The number of hydrogen-bond acceptors (Lipinski definition) is 5. The van der Waals surface area contributed by atoms with E-state index in [9.17, 15) is 22.8 Å². The molecule has 3 aromatic rings. The summed E-state index contributed by atoms with van der Waals surface area (Å²) < 4.78 is 50.4. The highest BCUT2D eigenvalue weighted by Gasteiger charge is 2.37. The molecule has 2 aliphatic rings. The van der Waals surface area contributed by atoms with E-state index in [-0.39, 0.29) is 23.7 Å². The SMILES string of the molecule is CC(=O)NCC1CN(c2ccc3c(c2)CCCc2c(-c4cocc4C(F)(F)F)n[nH]c2-3)C(=O)O1. The number of anilines is 1.